The second-order valence-electron chi connectivity index (χ2n) is 5.69. The monoisotopic (exact) mass is 320 g/mol. The summed E-state index contributed by atoms with van der Waals surface area (Å²) >= 11 is 0. The first-order valence-electron chi connectivity index (χ1n) is 8.03. The zero-order valence-electron chi connectivity index (χ0n) is 13.3. The highest BCUT2D eigenvalue weighted by Crippen LogP contribution is 2.16. The van der Waals surface area contributed by atoms with E-state index in [0.717, 1.165) is 17.6 Å². The molecule has 0 fully saturated rings. The number of hydrogen-bond acceptors (Lipinski definition) is 1. The van der Waals surface area contributed by atoms with Gasteiger partial charge in [0, 0.05) is 29.3 Å². The van der Waals surface area contributed by atoms with Crippen molar-refractivity contribution in [2.45, 2.75) is 19.3 Å². The van der Waals surface area contributed by atoms with E-state index in [4.69, 9.17) is 5.11 Å². The Morgan fingerprint density at radius 3 is 2.33 bits per heavy atom. The summed E-state index contributed by atoms with van der Waals surface area (Å²) in [4.78, 5) is 16.7. The van der Waals surface area contributed by atoms with E-state index in [0.29, 0.717) is 6.42 Å². The smallest absolute Gasteiger partial charge is 0.303 e. The molecule has 0 aliphatic heterocycles. The van der Waals surface area contributed by atoms with Crippen LogP contribution >= 0.6 is 0 Å². The number of aromatic amines is 2. The molecular weight excluding hydrogens is 300 g/mol. The molecule has 0 atom stereocenters. The minimum absolute atomic E-state index is 0.232. The number of carboxylic acids is 1. The first-order chi connectivity index (χ1) is 11.7. The standard InChI is InChI=1S/C12H13NO2.C8H7N/c14-12(15)7-3-5-10-8-9-4-1-2-6-11(9)13-10;1-2-4-8-7(3-1)5-6-9-8/h1-2,4,6,8,13H,3,5,7H2,(H,14,15);1-6,9H. The van der Waals surface area contributed by atoms with Gasteiger partial charge >= 0.3 is 5.97 Å². The summed E-state index contributed by atoms with van der Waals surface area (Å²) < 4.78 is 0. The molecule has 3 N–H and O–H groups in total. The fourth-order valence-electron chi connectivity index (χ4n) is 2.69. The van der Waals surface area contributed by atoms with Crippen molar-refractivity contribution in [3.63, 3.8) is 0 Å². The molecule has 0 aliphatic carbocycles. The predicted octanol–water partition coefficient (Wildman–Crippen LogP) is 4.74. The molecule has 2 heterocycles. The molecule has 4 rings (SSSR count). The quantitative estimate of drug-likeness (QED) is 0.508. The molecule has 0 unspecified atom stereocenters. The van der Waals surface area contributed by atoms with Gasteiger partial charge in [0.15, 0.2) is 0 Å². The molecule has 0 saturated carbocycles. The molecule has 0 bridgehead atoms. The van der Waals surface area contributed by atoms with Crippen LogP contribution in [0.1, 0.15) is 18.5 Å². The van der Waals surface area contributed by atoms with Crippen molar-refractivity contribution < 1.29 is 9.90 Å². The van der Waals surface area contributed by atoms with Crippen LogP contribution < -0.4 is 0 Å². The van der Waals surface area contributed by atoms with Crippen molar-refractivity contribution in [3.8, 4) is 0 Å². The van der Waals surface area contributed by atoms with E-state index in [1.165, 1.54) is 16.3 Å². The Morgan fingerprint density at radius 2 is 1.62 bits per heavy atom. The van der Waals surface area contributed by atoms with Crippen LogP contribution in [0.5, 0.6) is 0 Å². The molecule has 0 aliphatic rings. The van der Waals surface area contributed by atoms with Gasteiger partial charge in [-0.2, -0.15) is 0 Å². The van der Waals surface area contributed by atoms with E-state index >= 15 is 0 Å². The maximum Gasteiger partial charge on any atom is 0.303 e. The summed E-state index contributed by atoms with van der Waals surface area (Å²) in [7, 11) is 0. The van der Waals surface area contributed by atoms with E-state index in [9.17, 15) is 4.79 Å². The van der Waals surface area contributed by atoms with E-state index in [1.54, 1.807) is 0 Å². The average molecular weight is 320 g/mol. The van der Waals surface area contributed by atoms with Gasteiger partial charge in [-0.25, -0.2) is 0 Å². The molecule has 122 valence electrons. The maximum atomic E-state index is 10.4. The molecule has 2 aromatic heterocycles. The Morgan fingerprint density at radius 1 is 0.917 bits per heavy atom. The fraction of sp³-hybridized carbons (Fsp3) is 0.150. The van der Waals surface area contributed by atoms with Crippen molar-refractivity contribution >= 4 is 27.8 Å². The molecule has 4 heteroatoms. The van der Waals surface area contributed by atoms with Crippen LogP contribution in [0.25, 0.3) is 21.8 Å². The normalized spacial score (nSPS) is 10.5. The summed E-state index contributed by atoms with van der Waals surface area (Å²) in [6.45, 7) is 0. The number of aromatic nitrogens is 2. The average Bonchev–Trinajstić information content (AvgIpc) is 3.21. The number of fused-ring (bicyclic) bond motifs is 2. The van der Waals surface area contributed by atoms with Gasteiger partial charge in [-0.1, -0.05) is 36.4 Å². The topological polar surface area (TPSA) is 68.9 Å². The van der Waals surface area contributed by atoms with Gasteiger partial charge in [0.1, 0.15) is 0 Å². The van der Waals surface area contributed by atoms with Crippen molar-refractivity contribution in [3.05, 3.63) is 72.6 Å². The predicted molar refractivity (Wildman–Crippen MR) is 97.2 cm³/mol. The number of para-hydroxylation sites is 2. The molecule has 24 heavy (non-hydrogen) atoms. The summed E-state index contributed by atoms with van der Waals surface area (Å²) in [5, 5.41) is 11.0. The van der Waals surface area contributed by atoms with Gasteiger partial charge in [0.25, 0.3) is 0 Å². The van der Waals surface area contributed by atoms with Crippen molar-refractivity contribution in [2.75, 3.05) is 0 Å². The highest BCUT2D eigenvalue weighted by molar-refractivity contribution is 5.80. The molecule has 0 radical (unpaired) electrons. The Balaban J connectivity index is 0.000000159. The summed E-state index contributed by atoms with van der Waals surface area (Å²) in [5.41, 5.74) is 3.43. The van der Waals surface area contributed by atoms with Crippen LogP contribution in [0.3, 0.4) is 0 Å². The number of benzene rings is 2. The number of hydrogen-bond donors (Lipinski definition) is 3. The highest BCUT2D eigenvalue weighted by Gasteiger charge is 2.01. The van der Waals surface area contributed by atoms with E-state index in [-0.39, 0.29) is 6.42 Å². The number of carboxylic acid groups (broad SMARTS) is 1. The SMILES string of the molecule is O=C(O)CCCc1cc2ccccc2[nH]1.c1ccc2[nH]ccc2c1. The van der Waals surface area contributed by atoms with Gasteiger partial charge < -0.3 is 15.1 Å². The Labute approximate surface area is 140 Å². The number of rotatable bonds is 4. The van der Waals surface area contributed by atoms with Crippen LogP contribution in [-0.2, 0) is 11.2 Å². The first-order valence-corrected chi connectivity index (χ1v) is 8.03. The third-order valence-electron chi connectivity index (χ3n) is 3.89. The fourth-order valence-corrected chi connectivity index (χ4v) is 2.69. The third-order valence-corrected chi connectivity index (χ3v) is 3.89. The number of aliphatic carboxylic acids is 1. The van der Waals surface area contributed by atoms with Crippen LogP contribution in [0, 0.1) is 0 Å². The molecule has 4 aromatic rings. The largest absolute Gasteiger partial charge is 0.481 e. The molecule has 0 saturated heterocycles. The van der Waals surface area contributed by atoms with Crippen LogP contribution in [0.4, 0.5) is 0 Å². The zero-order chi connectivity index (χ0) is 16.8. The lowest BCUT2D eigenvalue weighted by Gasteiger charge is -1.94. The number of nitrogens with one attached hydrogen (secondary N) is 2. The minimum atomic E-state index is -0.730. The Bertz CT molecular complexity index is 874. The molecule has 2 aromatic carbocycles. The number of aryl methyl sites for hydroxylation is 1. The van der Waals surface area contributed by atoms with Crippen LogP contribution in [0.15, 0.2) is 66.9 Å². The molecule has 4 nitrogen and oxygen atoms in total. The van der Waals surface area contributed by atoms with Crippen LogP contribution in [0.2, 0.25) is 0 Å². The van der Waals surface area contributed by atoms with E-state index in [1.807, 2.05) is 42.6 Å². The lowest BCUT2D eigenvalue weighted by atomic mass is 10.2. The van der Waals surface area contributed by atoms with Gasteiger partial charge in [0.05, 0.1) is 0 Å². The van der Waals surface area contributed by atoms with Gasteiger partial charge in [0.2, 0.25) is 0 Å². The Kier molecular flexibility index (Phi) is 4.96. The second kappa shape index (κ2) is 7.51. The maximum absolute atomic E-state index is 10.4. The zero-order valence-corrected chi connectivity index (χ0v) is 13.3. The number of H-pyrrole nitrogens is 2. The lowest BCUT2D eigenvalue weighted by molar-refractivity contribution is -0.137. The first kappa shape index (κ1) is 15.9. The summed E-state index contributed by atoms with van der Waals surface area (Å²) in [6.07, 6.45) is 3.66. The number of carbonyl (C=O) groups is 1. The van der Waals surface area contributed by atoms with Crippen LogP contribution in [-0.4, -0.2) is 21.0 Å². The van der Waals surface area contributed by atoms with Crippen molar-refractivity contribution in [1.82, 2.24) is 9.97 Å². The van der Waals surface area contributed by atoms with Gasteiger partial charge in [-0.3, -0.25) is 4.79 Å². The van der Waals surface area contributed by atoms with E-state index in [2.05, 4.69) is 34.2 Å². The van der Waals surface area contributed by atoms with Crippen molar-refractivity contribution in [1.29, 1.82) is 0 Å². The van der Waals surface area contributed by atoms with E-state index < -0.39 is 5.97 Å². The Hall–Kier alpha value is -3.01. The van der Waals surface area contributed by atoms with Crippen molar-refractivity contribution in [2.24, 2.45) is 0 Å². The second-order valence-corrected chi connectivity index (χ2v) is 5.69. The molecule has 0 amide bonds. The third kappa shape index (κ3) is 4.04. The lowest BCUT2D eigenvalue weighted by Crippen LogP contribution is -1.95. The van der Waals surface area contributed by atoms with Gasteiger partial charge in [-0.05, 0) is 47.9 Å². The van der Waals surface area contributed by atoms with Gasteiger partial charge in [-0.15, -0.1) is 0 Å². The molecule has 0 spiro atoms. The molecular formula is C20H20N2O2. The highest BCUT2D eigenvalue weighted by atomic mass is 16.4. The summed E-state index contributed by atoms with van der Waals surface area (Å²) in [6, 6.07) is 20.4. The summed E-state index contributed by atoms with van der Waals surface area (Å²) in [5.74, 6) is -0.730. The minimum Gasteiger partial charge on any atom is -0.481 e.